The first kappa shape index (κ1) is 9.30. The predicted molar refractivity (Wildman–Crippen MR) is 37.7 cm³/mol. The molecule has 10 heavy (non-hydrogen) atoms. The van der Waals surface area contributed by atoms with E-state index in [0.717, 1.165) is 6.08 Å². The molecule has 0 saturated heterocycles. The molecule has 0 atom stereocenters. The summed E-state index contributed by atoms with van der Waals surface area (Å²) >= 11 is 0. The Morgan fingerprint density at radius 2 is 1.80 bits per heavy atom. The average Bonchev–Trinajstić information content (AvgIpc) is 1.89. The van der Waals surface area contributed by atoms with Crippen molar-refractivity contribution in [1.29, 1.82) is 0 Å². The maximum Gasteiger partial charge on any atom is 0.155 e. The molecule has 0 fully saturated rings. The van der Waals surface area contributed by atoms with Gasteiger partial charge in [0.25, 0.3) is 0 Å². The summed E-state index contributed by atoms with van der Waals surface area (Å²) in [5.74, 6) is -1.70. The minimum absolute atomic E-state index is 0.0246. The van der Waals surface area contributed by atoms with E-state index in [2.05, 4.69) is 0 Å². The quantitative estimate of drug-likeness (QED) is 0.607. The molecule has 0 aliphatic carbocycles. The first-order valence-corrected chi connectivity index (χ1v) is 3.14. The highest BCUT2D eigenvalue weighted by Crippen LogP contribution is 2.12. The third kappa shape index (κ3) is 3.35. The predicted octanol–water partition coefficient (Wildman–Crippen LogP) is 2.06. The van der Waals surface area contributed by atoms with E-state index in [9.17, 15) is 8.78 Å². The summed E-state index contributed by atoms with van der Waals surface area (Å²) in [6, 6.07) is 0. The molecule has 3 heteroatoms. The van der Waals surface area contributed by atoms with Crippen LogP contribution in [0.4, 0.5) is 8.78 Å². The van der Waals surface area contributed by atoms with Crippen LogP contribution in [0.1, 0.15) is 13.3 Å². The highest BCUT2D eigenvalue weighted by molar-refractivity contribution is 5.18. The Balaban J connectivity index is 4.06. The molecular formula is C7H11F2N. The number of allylic oxidation sites excluding steroid dienone is 3. The fourth-order valence-corrected chi connectivity index (χ4v) is 0.478. The second-order valence-electron chi connectivity index (χ2n) is 1.75. The lowest BCUT2D eigenvalue weighted by Gasteiger charge is -1.90. The first-order chi connectivity index (χ1) is 4.72. The zero-order chi connectivity index (χ0) is 7.98. The number of nitrogens with two attached hydrogens (primary N) is 1. The van der Waals surface area contributed by atoms with E-state index in [1.54, 1.807) is 6.92 Å². The zero-order valence-electron chi connectivity index (χ0n) is 5.90. The van der Waals surface area contributed by atoms with E-state index in [0.29, 0.717) is 6.42 Å². The Kier molecular flexibility index (Phi) is 4.76. The van der Waals surface area contributed by atoms with Crippen molar-refractivity contribution in [3.8, 4) is 0 Å². The molecule has 0 unspecified atom stereocenters. The van der Waals surface area contributed by atoms with Crippen LogP contribution in [0.25, 0.3) is 0 Å². The van der Waals surface area contributed by atoms with Crippen LogP contribution >= 0.6 is 0 Å². The Morgan fingerprint density at radius 1 is 1.30 bits per heavy atom. The molecule has 0 rings (SSSR count). The van der Waals surface area contributed by atoms with Gasteiger partial charge in [-0.05, 0) is 18.6 Å². The summed E-state index contributed by atoms with van der Waals surface area (Å²) in [5, 5.41) is 0. The summed E-state index contributed by atoms with van der Waals surface area (Å²) < 4.78 is 24.7. The number of rotatable bonds is 3. The van der Waals surface area contributed by atoms with Crippen LogP contribution < -0.4 is 5.73 Å². The molecule has 0 aromatic heterocycles. The lowest BCUT2D eigenvalue weighted by molar-refractivity contribution is 0.540. The van der Waals surface area contributed by atoms with Crippen molar-refractivity contribution in [1.82, 2.24) is 0 Å². The van der Waals surface area contributed by atoms with Gasteiger partial charge in [-0.2, -0.15) is 0 Å². The summed E-state index contributed by atoms with van der Waals surface area (Å²) in [4.78, 5) is 0. The summed E-state index contributed by atoms with van der Waals surface area (Å²) in [5.41, 5.74) is 4.95. The minimum Gasteiger partial charge on any atom is -0.327 e. The number of halogens is 2. The van der Waals surface area contributed by atoms with Gasteiger partial charge >= 0.3 is 0 Å². The fraction of sp³-hybridized carbons (Fsp3) is 0.429. The molecule has 0 aliphatic rings. The van der Waals surface area contributed by atoms with Crippen LogP contribution in [-0.2, 0) is 0 Å². The molecular weight excluding hydrogens is 136 g/mol. The number of hydrogen-bond donors (Lipinski definition) is 1. The second-order valence-corrected chi connectivity index (χ2v) is 1.75. The van der Waals surface area contributed by atoms with Gasteiger partial charge in [-0.1, -0.05) is 6.92 Å². The Labute approximate surface area is 59.2 Å². The van der Waals surface area contributed by atoms with Crippen molar-refractivity contribution in [3.05, 3.63) is 23.8 Å². The van der Waals surface area contributed by atoms with E-state index in [1.807, 2.05) is 0 Å². The molecule has 2 N–H and O–H groups in total. The van der Waals surface area contributed by atoms with Crippen LogP contribution in [0.15, 0.2) is 23.8 Å². The molecule has 1 nitrogen and oxygen atoms in total. The number of hydrogen-bond acceptors (Lipinski definition) is 1. The molecule has 0 radical (unpaired) electrons. The van der Waals surface area contributed by atoms with Gasteiger partial charge in [0.1, 0.15) is 0 Å². The molecule has 0 saturated carbocycles. The van der Waals surface area contributed by atoms with Crippen molar-refractivity contribution in [2.45, 2.75) is 13.3 Å². The fourth-order valence-electron chi connectivity index (χ4n) is 0.478. The van der Waals surface area contributed by atoms with Crippen molar-refractivity contribution in [2.24, 2.45) is 5.73 Å². The van der Waals surface area contributed by atoms with E-state index in [-0.39, 0.29) is 6.54 Å². The van der Waals surface area contributed by atoms with E-state index in [1.165, 1.54) is 6.08 Å². The van der Waals surface area contributed by atoms with E-state index < -0.39 is 11.7 Å². The van der Waals surface area contributed by atoms with Crippen LogP contribution in [0.3, 0.4) is 0 Å². The highest BCUT2D eigenvalue weighted by atomic mass is 19.2. The van der Waals surface area contributed by atoms with Gasteiger partial charge in [0.2, 0.25) is 0 Å². The molecule has 0 aromatic carbocycles. The van der Waals surface area contributed by atoms with Crippen LogP contribution in [-0.4, -0.2) is 6.54 Å². The SMILES string of the molecule is CC/C=C(F)\C(F)=C/CN. The van der Waals surface area contributed by atoms with Gasteiger partial charge in [-0.3, -0.25) is 0 Å². The van der Waals surface area contributed by atoms with Gasteiger partial charge in [0.15, 0.2) is 11.7 Å². The monoisotopic (exact) mass is 147 g/mol. The van der Waals surface area contributed by atoms with Gasteiger partial charge in [-0.15, -0.1) is 0 Å². The smallest absolute Gasteiger partial charge is 0.155 e. The van der Waals surface area contributed by atoms with Crippen molar-refractivity contribution >= 4 is 0 Å². The maximum absolute atomic E-state index is 12.3. The topological polar surface area (TPSA) is 26.0 Å². The van der Waals surface area contributed by atoms with Gasteiger partial charge in [-0.25, -0.2) is 8.78 Å². The van der Waals surface area contributed by atoms with E-state index >= 15 is 0 Å². The Bertz CT molecular complexity index is 132. The summed E-state index contributed by atoms with van der Waals surface area (Å²) in [6.07, 6.45) is 2.65. The minimum atomic E-state index is -0.871. The molecule has 0 spiro atoms. The first-order valence-electron chi connectivity index (χ1n) is 3.14. The van der Waals surface area contributed by atoms with Crippen LogP contribution in [0.2, 0.25) is 0 Å². The molecule has 0 amide bonds. The molecule has 0 heterocycles. The standard InChI is InChI=1S/C7H11F2N/c1-2-3-6(8)7(9)4-5-10/h3-4H,2,5,10H2,1H3/b6-3+,7-4+. The van der Waals surface area contributed by atoms with Gasteiger partial charge in [0, 0.05) is 6.54 Å². The van der Waals surface area contributed by atoms with E-state index in [4.69, 9.17) is 5.73 Å². The molecule has 0 aliphatic heterocycles. The second kappa shape index (κ2) is 5.11. The van der Waals surface area contributed by atoms with Crippen molar-refractivity contribution in [3.63, 3.8) is 0 Å². The molecule has 0 aromatic rings. The lowest BCUT2D eigenvalue weighted by atomic mass is 10.3. The average molecular weight is 147 g/mol. The highest BCUT2D eigenvalue weighted by Gasteiger charge is 1.98. The third-order valence-electron chi connectivity index (χ3n) is 0.909. The largest absolute Gasteiger partial charge is 0.327 e. The lowest BCUT2D eigenvalue weighted by Crippen LogP contribution is -1.94. The van der Waals surface area contributed by atoms with Crippen molar-refractivity contribution < 1.29 is 8.78 Å². The Hall–Kier alpha value is -0.700. The maximum atomic E-state index is 12.3. The molecule has 0 bridgehead atoms. The van der Waals surface area contributed by atoms with Gasteiger partial charge in [0.05, 0.1) is 0 Å². The zero-order valence-corrected chi connectivity index (χ0v) is 5.90. The van der Waals surface area contributed by atoms with Crippen LogP contribution in [0.5, 0.6) is 0 Å². The van der Waals surface area contributed by atoms with Gasteiger partial charge < -0.3 is 5.73 Å². The Morgan fingerprint density at radius 3 is 2.20 bits per heavy atom. The summed E-state index contributed by atoms with van der Waals surface area (Å²) in [6.45, 7) is 1.76. The summed E-state index contributed by atoms with van der Waals surface area (Å²) in [7, 11) is 0. The van der Waals surface area contributed by atoms with Crippen LogP contribution in [0, 0.1) is 0 Å². The van der Waals surface area contributed by atoms with Crippen molar-refractivity contribution in [2.75, 3.05) is 6.54 Å². The normalized spacial score (nSPS) is 14.0. The third-order valence-corrected chi connectivity index (χ3v) is 0.909. The molecule has 58 valence electrons.